The zero-order valence-electron chi connectivity index (χ0n) is 11.7. The Labute approximate surface area is 130 Å². The molecule has 21 heavy (non-hydrogen) atoms. The highest BCUT2D eigenvalue weighted by Gasteiger charge is 2.31. The van der Waals surface area contributed by atoms with Crippen LogP contribution in [0.2, 0.25) is 0 Å². The number of aromatic hydroxyl groups is 1. The molecule has 0 aromatic carbocycles. The van der Waals surface area contributed by atoms with Gasteiger partial charge in [0.2, 0.25) is 10.8 Å². The maximum Gasteiger partial charge on any atom is 0.230 e. The summed E-state index contributed by atoms with van der Waals surface area (Å²) in [5, 5.41) is 16.9. The standard InChI is InChI=1S/C14H16N4OS2/c1-9-15-14-18(16-9)13(19)12(21-14)11(10-5-4-8-20-10)17-6-2-3-7-17/h4-5,8,11,19H,2-3,6-7H2,1H3/t11-/m0/s1. The minimum absolute atomic E-state index is 0.126. The third kappa shape index (κ3) is 2.16. The van der Waals surface area contributed by atoms with Gasteiger partial charge in [0.1, 0.15) is 5.82 Å². The Morgan fingerprint density at radius 2 is 2.14 bits per heavy atom. The van der Waals surface area contributed by atoms with E-state index in [9.17, 15) is 5.11 Å². The summed E-state index contributed by atoms with van der Waals surface area (Å²) in [4.78, 5) is 9.82. The summed E-state index contributed by atoms with van der Waals surface area (Å²) in [7, 11) is 0. The topological polar surface area (TPSA) is 53.7 Å². The normalized spacial score (nSPS) is 17.8. The Morgan fingerprint density at radius 3 is 2.81 bits per heavy atom. The number of hydrogen-bond donors (Lipinski definition) is 1. The quantitative estimate of drug-likeness (QED) is 0.806. The average Bonchev–Trinajstić information content (AvgIpc) is 3.20. The van der Waals surface area contributed by atoms with Crippen LogP contribution >= 0.6 is 22.7 Å². The molecule has 3 aromatic rings. The van der Waals surface area contributed by atoms with E-state index in [0.717, 1.165) is 22.9 Å². The summed E-state index contributed by atoms with van der Waals surface area (Å²) in [5.41, 5.74) is 0. The van der Waals surface area contributed by atoms with Crippen molar-refractivity contribution in [3.63, 3.8) is 0 Å². The van der Waals surface area contributed by atoms with Crippen LogP contribution in [0.5, 0.6) is 5.88 Å². The number of likely N-dealkylation sites (tertiary alicyclic amines) is 1. The van der Waals surface area contributed by atoms with Crippen molar-refractivity contribution in [3.05, 3.63) is 33.1 Å². The van der Waals surface area contributed by atoms with E-state index in [1.54, 1.807) is 27.2 Å². The molecule has 5 nitrogen and oxygen atoms in total. The number of rotatable bonds is 3. The van der Waals surface area contributed by atoms with Crippen molar-refractivity contribution < 1.29 is 5.11 Å². The first-order valence-corrected chi connectivity index (χ1v) is 8.76. The Hall–Kier alpha value is -1.44. The second kappa shape index (κ2) is 5.08. The number of thiophene rings is 1. The molecule has 1 atom stereocenters. The van der Waals surface area contributed by atoms with Crippen molar-refractivity contribution >= 4 is 27.6 Å². The van der Waals surface area contributed by atoms with Gasteiger partial charge in [-0.15, -0.1) is 16.4 Å². The van der Waals surface area contributed by atoms with E-state index in [1.165, 1.54) is 17.7 Å². The molecule has 1 fully saturated rings. The molecule has 0 spiro atoms. The molecule has 0 bridgehead atoms. The second-order valence-electron chi connectivity index (χ2n) is 5.30. The first-order valence-electron chi connectivity index (χ1n) is 7.06. The average molecular weight is 320 g/mol. The van der Waals surface area contributed by atoms with E-state index in [0.29, 0.717) is 5.82 Å². The zero-order valence-corrected chi connectivity index (χ0v) is 13.3. The van der Waals surface area contributed by atoms with Crippen molar-refractivity contribution in [2.75, 3.05) is 13.1 Å². The number of aryl methyl sites for hydroxylation is 1. The molecule has 3 aromatic heterocycles. The molecule has 1 aliphatic heterocycles. The van der Waals surface area contributed by atoms with Crippen LogP contribution in [-0.4, -0.2) is 37.7 Å². The van der Waals surface area contributed by atoms with Crippen LogP contribution < -0.4 is 0 Å². The number of thiazole rings is 1. The number of nitrogens with zero attached hydrogens (tertiary/aromatic N) is 4. The van der Waals surface area contributed by atoms with E-state index in [4.69, 9.17) is 0 Å². The van der Waals surface area contributed by atoms with Crippen LogP contribution in [0.1, 0.15) is 34.5 Å². The molecule has 7 heteroatoms. The van der Waals surface area contributed by atoms with Crippen LogP contribution in [0.15, 0.2) is 17.5 Å². The predicted octanol–water partition coefficient (Wildman–Crippen LogP) is 3.05. The van der Waals surface area contributed by atoms with Gasteiger partial charge in [-0.1, -0.05) is 17.4 Å². The van der Waals surface area contributed by atoms with Crippen molar-refractivity contribution in [2.24, 2.45) is 0 Å². The largest absolute Gasteiger partial charge is 0.492 e. The highest BCUT2D eigenvalue weighted by molar-refractivity contribution is 7.17. The molecule has 110 valence electrons. The fourth-order valence-corrected chi connectivity index (χ4v) is 5.04. The van der Waals surface area contributed by atoms with Crippen molar-refractivity contribution in [3.8, 4) is 5.88 Å². The SMILES string of the molecule is Cc1nc2sc([C@H](c3cccs3)N3CCCC3)c(O)n2n1. The summed E-state index contributed by atoms with van der Waals surface area (Å²) in [6.45, 7) is 4.00. The minimum Gasteiger partial charge on any atom is -0.492 e. The van der Waals surface area contributed by atoms with Crippen molar-refractivity contribution in [2.45, 2.75) is 25.8 Å². The van der Waals surface area contributed by atoms with Crippen LogP contribution in [0.4, 0.5) is 0 Å². The lowest BCUT2D eigenvalue weighted by Crippen LogP contribution is -2.25. The molecule has 1 aliphatic rings. The lowest BCUT2D eigenvalue weighted by Gasteiger charge is -2.25. The van der Waals surface area contributed by atoms with Gasteiger partial charge in [0, 0.05) is 4.88 Å². The van der Waals surface area contributed by atoms with Crippen LogP contribution in [0.3, 0.4) is 0 Å². The minimum atomic E-state index is 0.126. The molecule has 0 unspecified atom stereocenters. The molecule has 1 saturated heterocycles. The van der Waals surface area contributed by atoms with E-state index >= 15 is 0 Å². The number of fused-ring (bicyclic) bond motifs is 1. The molecular weight excluding hydrogens is 304 g/mol. The summed E-state index contributed by atoms with van der Waals surface area (Å²) in [6.07, 6.45) is 2.45. The molecule has 4 rings (SSSR count). The molecule has 0 aliphatic carbocycles. The van der Waals surface area contributed by atoms with Gasteiger partial charge < -0.3 is 5.11 Å². The third-order valence-corrected chi connectivity index (χ3v) is 5.87. The highest BCUT2D eigenvalue weighted by Crippen LogP contribution is 2.42. The lowest BCUT2D eigenvalue weighted by molar-refractivity contribution is 0.280. The number of hydrogen-bond acceptors (Lipinski definition) is 6. The van der Waals surface area contributed by atoms with Gasteiger partial charge in [-0.2, -0.15) is 4.52 Å². The summed E-state index contributed by atoms with van der Waals surface area (Å²) in [5.74, 6) is 0.929. The van der Waals surface area contributed by atoms with E-state index < -0.39 is 0 Å². The number of aromatic nitrogens is 3. The van der Waals surface area contributed by atoms with Gasteiger partial charge in [0.15, 0.2) is 0 Å². The Balaban J connectivity index is 1.84. The molecular formula is C14H16N4OS2. The highest BCUT2D eigenvalue weighted by atomic mass is 32.1. The monoisotopic (exact) mass is 320 g/mol. The Morgan fingerprint density at radius 1 is 1.33 bits per heavy atom. The smallest absolute Gasteiger partial charge is 0.230 e. The van der Waals surface area contributed by atoms with Gasteiger partial charge in [-0.05, 0) is 44.3 Å². The maximum atomic E-state index is 10.6. The summed E-state index contributed by atoms with van der Waals surface area (Å²) < 4.78 is 1.56. The third-order valence-electron chi connectivity index (χ3n) is 3.87. The fraction of sp³-hybridized carbons (Fsp3) is 0.429. The Bertz CT molecular complexity index is 755. The van der Waals surface area contributed by atoms with Gasteiger partial charge in [0.05, 0.1) is 10.9 Å². The van der Waals surface area contributed by atoms with Gasteiger partial charge in [-0.3, -0.25) is 4.90 Å². The van der Waals surface area contributed by atoms with Gasteiger partial charge >= 0.3 is 0 Å². The Kier molecular flexibility index (Phi) is 3.20. The molecule has 4 heterocycles. The fourth-order valence-electron chi connectivity index (χ4n) is 2.95. The molecule has 0 amide bonds. The molecule has 0 radical (unpaired) electrons. The van der Waals surface area contributed by atoms with Crippen LogP contribution in [0.25, 0.3) is 4.96 Å². The summed E-state index contributed by atoms with van der Waals surface area (Å²) in [6, 6.07) is 4.34. The van der Waals surface area contributed by atoms with E-state index in [2.05, 4.69) is 32.5 Å². The maximum absolute atomic E-state index is 10.6. The predicted molar refractivity (Wildman–Crippen MR) is 84.2 cm³/mol. The van der Waals surface area contributed by atoms with E-state index in [-0.39, 0.29) is 11.9 Å². The molecule has 1 N–H and O–H groups in total. The second-order valence-corrected chi connectivity index (χ2v) is 7.29. The summed E-state index contributed by atoms with van der Waals surface area (Å²) >= 11 is 3.28. The van der Waals surface area contributed by atoms with Crippen LogP contribution in [0, 0.1) is 6.92 Å². The van der Waals surface area contributed by atoms with Gasteiger partial charge in [0.25, 0.3) is 0 Å². The first kappa shape index (κ1) is 13.2. The first-order chi connectivity index (χ1) is 10.2. The van der Waals surface area contributed by atoms with Crippen molar-refractivity contribution in [1.82, 2.24) is 19.5 Å². The van der Waals surface area contributed by atoms with Crippen LogP contribution in [-0.2, 0) is 0 Å². The lowest BCUT2D eigenvalue weighted by atomic mass is 10.2. The van der Waals surface area contributed by atoms with E-state index in [1.807, 2.05) is 6.92 Å². The molecule has 0 saturated carbocycles. The van der Waals surface area contributed by atoms with Crippen molar-refractivity contribution in [1.29, 1.82) is 0 Å². The zero-order chi connectivity index (χ0) is 14.4. The van der Waals surface area contributed by atoms with Gasteiger partial charge in [-0.25, -0.2) is 4.98 Å².